The smallest absolute Gasteiger partial charge is 0.255 e. The van der Waals surface area contributed by atoms with Gasteiger partial charge in [-0.1, -0.05) is 18.5 Å². The Kier molecular flexibility index (Phi) is 5.72. The first-order valence-corrected chi connectivity index (χ1v) is 10.0. The van der Waals surface area contributed by atoms with Crippen LogP contribution in [0.4, 0.5) is 0 Å². The van der Waals surface area contributed by atoms with Crippen LogP contribution in [0.15, 0.2) is 24.3 Å². The van der Waals surface area contributed by atoms with Gasteiger partial charge in [-0.15, -0.1) is 11.8 Å². The van der Waals surface area contributed by atoms with E-state index in [2.05, 4.69) is 6.92 Å². The van der Waals surface area contributed by atoms with Crippen LogP contribution in [0, 0.1) is 5.92 Å². The van der Waals surface area contributed by atoms with E-state index in [9.17, 15) is 9.59 Å². The van der Waals surface area contributed by atoms with Crippen molar-refractivity contribution in [2.75, 3.05) is 24.7 Å². The second kappa shape index (κ2) is 7.79. The summed E-state index contributed by atoms with van der Waals surface area (Å²) in [5.41, 5.74) is 0.587. The van der Waals surface area contributed by atoms with E-state index in [1.54, 1.807) is 40.9 Å². The molecule has 2 amide bonds. The van der Waals surface area contributed by atoms with Gasteiger partial charge >= 0.3 is 0 Å². The lowest BCUT2D eigenvalue weighted by molar-refractivity contribution is -0.134. The van der Waals surface area contributed by atoms with Crippen LogP contribution < -0.4 is 0 Å². The third-order valence-corrected chi connectivity index (χ3v) is 6.11. The topological polar surface area (TPSA) is 40.6 Å². The minimum Gasteiger partial charge on any atom is -0.341 e. The van der Waals surface area contributed by atoms with Gasteiger partial charge in [0.05, 0.1) is 5.88 Å². The monoisotopic (exact) mass is 366 g/mol. The fourth-order valence-electron chi connectivity index (χ4n) is 3.30. The molecule has 0 bridgehead atoms. The van der Waals surface area contributed by atoms with E-state index in [1.807, 2.05) is 4.90 Å². The molecule has 2 unspecified atom stereocenters. The molecule has 2 heterocycles. The second-order valence-electron chi connectivity index (χ2n) is 6.66. The Labute approximate surface area is 152 Å². The van der Waals surface area contributed by atoms with E-state index in [1.165, 1.54) is 6.42 Å². The molecule has 6 heteroatoms. The third-order valence-electron chi connectivity index (χ3n) is 4.85. The number of carbonyl (C=O) groups excluding carboxylic acids is 2. The van der Waals surface area contributed by atoms with Gasteiger partial charge in [-0.2, -0.15) is 0 Å². The van der Waals surface area contributed by atoms with Gasteiger partial charge in [-0.3, -0.25) is 9.59 Å². The minimum atomic E-state index is -0.341. The van der Waals surface area contributed by atoms with E-state index in [0.29, 0.717) is 28.1 Å². The quantitative estimate of drug-likeness (QED) is 0.804. The Morgan fingerprint density at radius 3 is 2.67 bits per heavy atom. The number of rotatable bonds is 2. The number of thioether (sulfide) groups is 1. The van der Waals surface area contributed by atoms with E-state index >= 15 is 0 Å². The number of benzene rings is 1. The van der Waals surface area contributed by atoms with Crippen molar-refractivity contribution < 1.29 is 9.59 Å². The van der Waals surface area contributed by atoms with Crippen molar-refractivity contribution in [2.45, 2.75) is 32.2 Å². The largest absolute Gasteiger partial charge is 0.341 e. The number of likely N-dealkylation sites (tertiary alicyclic amines) is 1. The predicted molar refractivity (Wildman–Crippen MR) is 98.3 cm³/mol. The molecule has 1 aromatic carbocycles. The summed E-state index contributed by atoms with van der Waals surface area (Å²) in [7, 11) is 0. The Balaban J connectivity index is 1.71. The summed E-state index contributed by atoms with van der Waals surface area (Å²) in [6.45, 7) is 3.87. The molecule has 0 aliphatic carbocycles. The maximum Gasteiger partial charge on any atom is 0.255 e. The van der Waals surface area contributed by atoms with Gasteiger partial charge in [0.1, 0.15) is 6.04 Å². The lowest BCUT2D eigenvalue weighted by Gasteiger charge is -2.29. The third kappa shape index (κ3) is 3.89. The number of carbonyl (C=O) groups is 2. The number of hydrogen-bond donors (Lipinski definition) is 0. The molecule has 130 valence electrons. The van der Waals surface area contributed by atoms with Crippen molar-refractivity contribution in [3.8, 4) is 0 Å². The summed E-state index contributed by atoms with van der Waals surface area (Å²) < 4.78 is 0. The van der Waals surface area contributed by atoms with Gasteiger partial charge in [-0.25, -0.2) is 0 Å². The molecule has 2 saturated heterocycles. The molecule has 4 nitrogen and oxygen atoms in total. The SMILES string of the molecule is CC1CCCN(C(=O)C2CSCN2C(=O)c2ccc(Cl)cc2)CC1. The first-order chi connectivity index (χ1) is 11.6. The van der Waals surface area contributed by atoms with Crippen molar-refractivity contribution in [3.05, 3.63) is 34.9 Å². The standard InChI is InChI=1S/C18H23ClN2O2S/c1-13-3-2-9-20(10-8-13)18(23)16-11-24-12-21(16)17(22)14-4-6-15(19)7-5-14/h4-7,13,16H,2-3,8-12H2,1H3. The normalized spacial score (nSPS) is 24.8. The summed E-state index contributed by atoms with van der Waals surface area (Å²) in [5, 5.41) is 0.605. The van der Waals surface area contributed by atoms with Crippen molar-refractivity contribution in [1.29, 1.82) is 0 Å². The van der Waals surface area contributed by atoms with Crippen LogP contribution in [-0.4, -0.2) is 52.4 Å². The minimum absolute atomic E-state index is 0.0850. The molecule has 0 saturated carbocycles. The maximum absolute atomic E-state index is 13.0. The fourth-order valence-corrected chi connectivity index (χ4v) is 4.57. The Morgan fingerprint density at radius 2 is 1.92 bits per heavy atom. The highest BCUT2D eigenvalue weighted by Crippen LogP contribution is 2.26. The van der Waals surface area contributed by atoms with Gasteiger partial charge in [-0.05, 0) is 49.4 Å². The Bertz CT molecular complexity index is 608. The summed E-state index contributed by atoms with van der Waals surface area (Å²) in [4.78, 5) is 29.4. The highest BCUT2D eigenvalue weighted by atomic mass is 35.5. The first-order valence-electron chi connectivity index (χ1n) is 8.49. The average Bonchev–Trinajstić information content (AvgIpc) is 2.97. The van der Waals surface area contributed by atoms with Crippen molar-refractivity contribution >= 4 is 35.2 Å². The molecular weight excluding hydrogens is 344 g/mol. The lowest BCUT2D eigenvalue weighted by Crippen LogP contribution is -2.49. The van der Waals surface area contributed by atoms with E-state index in [4.69, 9.17) is 11.6 Å². The zero-order valence-corrected chi connectivity index (χ0v) is 15.5. The molecule has 3 rings (SSSR count). The predicted octanol–water partition coefficient (Wildman–Crippen LogP) is 3.50. The fraction of sp³-hybridized carbons (Fsp3) is 0.556. The molecule has 0 N–H and O–H groups in total. The van der Waals surface area contributed by atoms with Gasteiger partial charge in [0.2, 0.25) is 5.91 Å². The van der Waals surface area contributed by atoms with Crippen LogP contribution in [0.1, 0.15) is 36.5 Å². The van der Waals surface area contributed by atoms with Crippen LogP contribution in [0.3, 0.4) is 0 Å². The van der Waals surface area contributed by atoms with Crippen LogP contribution >= 0.6 is 23.4 Å². The van der Waals surface area contributed by atoms with Crippen molar-refractivity contribution in [1.82, 2.24) is 9.80 Å². The number of amides is 2. The van der Waals surface area contributed by atoms with Crippen LogP contribution in [-0.2, 0) is 4.79 Å². The number of nitrogens with zero attached hydrogens (tertiary/aromatic N) is 2. The zero-order chi connectivity index (χ0) is 17.1. The highest BCUT2D eigenvalue weighted by molar-refractivity contribution is 7.99. The maximum atomic E-state index is 13.0. The summed E-state index contributed by atoms with van der Waals surface area (Å²) >= 11 is 7.54. The van der Waals surface area contributed by atoms with Gasteiger partial charge < -0.3 is 9.80 Å². The van der Waals surface area contributed by atoms with E-state index < -0.39 is 0 Å². The summed E-state index contributed by atoms with van der Waals surface area (Å²) in [6, 6.07) is 6.54. The van der Waals surface area contributed by atoms with Gasteiger partial charge in [0.25, 0.3) is 5.91 Å². The highest BCUT2D eigenvalue weighted by Gasteiger charge is 2.37. The lowest BCUT2D eigenvalue weighted by atomic mass is 10.0. The zero-order valence-electron chi connectivity index (χ0n) is 13.9. The molecule has 2 atom stereocenters. The molecule has 0 radical (unpaired) electrons. The van der Waals surface area contributed by atoms with E-state index in [-0.39, 0.29) is 17.9 Å². The first kappa shape index (κ1) is 17.6. The summed E-state index contributed by atoms with van der Waals surface area (Å²) in [6.07, 6.45) is 3.28. The molecule has 1 aromatic rings. The van der Waals surface area contributed by atoms with Crippen LogP contribution in [0.5, 0.6) is 0 Å². The van der Waals surface area contributed by atoms with Crippen LogP contribution in [0.2, 0.25) is 5.02 Å². The van der Waals surface area contributed by atoms with Crippen molar-refractivity contribution in [2.24, 2.45) is 5.92 Å². The number of hydrogen-bond acceptors (Lipinski definition) is 3. The molecule has 2 aliphatic heterocycles. The van der Waals surface area contributed by atoms with Crippen molar-refractivity contribution in [3.63, 3.8) is 0 Å². The Hall–Kier alpha value is -1.20. The molecule has 0 spiro atoms. The van der Waals surface area contributed by atoms with E-state index in [0.717, 1.165) is 25.9 Å². The molecule has 2 aliphatic rings. The molecule has 0 aromatic heterocycles. The molecule has 24 heavy (non-hydrogen) atoms. The molecular formula is C18H23ClN2O2S. The average molecular weight is 367 g/mol. The second-order valence-corrected chi connectivity index (χ2v) is 8.10. The Morgan fingerprint density at radius 1 is 1.17 bits per heavy atom. The summed E-state index contributed by atoms with van der Waals surface area (Å²) in [5.74, 6) is 1.95. The number of halogens is 1. The van der Waals surface area contributed by atoms with Crippen LogP contribution in [0.25, 0.3) is 0 Å². The molecule has 2 fully saturated rings. The van der Waals surface area contributed by atoms with Gasteiger partial charge in [0, 0.05) is 29.4 Å². The van der Waals surface area contributed by atoms with Gasteiger partial charge in [0.15, 0.2) is 0 Å².